The summed E-state index contributed by atoms with van der Waals surface area (Å²) in [5.74, 6) is 0.678. The fourth-order valence-corrected chi connectivity index (χ4v) is 2.53. The SMILES string of the molecule is CC(=O)Nc1ccccc1-c1nnc(-c2ccc(C(C)(C)C)cc2)o1. The Morgan fingerprint density at radius 3 is 2.24 bits per heavy atom. The van der Waals surface area contributed by atoms with Crippen molar-refractivity contribution < 1.29 is 9.21 Å². The molecule has 0 aliphatic heterocycles. The Balaban J connectivity index is 1.92. The summed E-state index contributed by atoms with van der Waals surface area (Å²) in [6.07, 6.45) is 0. The fourth-order valence-electron chi connectivity index (χ4n) is 2.53. The molecular formula is C20H21N3O2. The van der Waals surface area contributed by atoms with Gasteiger partial charge in [0.15, 0.2) is 0 Å². The van der Waals surface area contributed by atoms with Gasteiger partial charge in [0, 0.05) is 12.5 Å². The van der Waals surface area contributed by atoms with E-state index >= 15 is 0 Å². The molecule has 1 heterocycles. The zero-order valence-electron chi connectivity index (χ0n) is 14.8. The Labute approximate surface area is 147 Å². The van der Waals surface area contributed by atoms with Crippen LogP contribution in [-0.2, 0) is 10.2 Å². The highest BCUT2D eigenvalue weighted by molar-refractivity contribution is 5.93. The van der Waals surface area contributed by atoms with Gasteiger partial charge in [-0.15, -0.1) is 10.2 Å². The van der Waals surface area contributed by atoms with Gasteiger partial charge in [0.25, 0.3) is 0 Å². The van der Waals surface area contributed by atoms with Gasteiger partial charge in [0.1, 0.15) is 0 Å². The molecule has 1 amide bonds. The lowest BCUT2D eigenvalue weighted by Gasteiger charge is -2.18. The largest absolute Gasteiger partial charge is 0.416 e. The van der Waals surface area contributed by atoms with Crippen molar-refractivity contribution >= 4 is 11.6 Å². The number of carbonyl (C=O) groups is 1. The van der Waals surface area contributed by atoms with Gasteiger partial charge in [0.2, 0.25) is 17.7 Å². The molecule has 0 aliphatic carbocycles. The molecule has 0 saturated carbocycles. The van der Waals surface area contributed by atoms with Crippen molar-refractivity contribution in [1.82, 2.24) is 10.2 Å². The number of benzene rings is 2. The first-order chi connectivity index (χ1) is 11.8. The number of hydrogen-bond acceptors (Lipinski definition) is 4. The lowest BCUT2D eigenvalue weighted by molar-refractivity contribution is -0.114. The quantitative estimate of drug-likeness (QED) is 0.756. The highest BCUT2D eigenvalue weighted by Gasteiger charge is 2.16. The number of amides is 1. The normalized spacial score (nSPS) is 11.4. The van der Waals surface area contributed by atoms with Crippen molar-refractivity contribution in [3.05, 3.63) is 54.1 Å². The van der Waals surface area contributed by atoms with Crippen LogP contribution >= 0.6 is 0 Å². The fraction of sp³-hybridized carbons (Fsp3) is 0.250. The summed E-state index contributed by atoms with van der Waals surface area (Å²) in [7, 11) is 0. The number of hydrogen-bond donors (Lipinski definition) is 1. The minimum atomic E-state index is -0.148. The van der Waals surface area contributed by atoms with Crippen molar-refractivity contribution in [1.29, 1.82) is 0 Å². The van der Waals surface area contributed by atoms with Gasteiger partial charge < -0.3 is 9.73 Å². The van der Waals surface area contributed by atoms with Crippen LogP contribution in [0.25, 0.3) is 22.9 Å². The highest BCUT2D eigenvalue weighted by atomic mass is 16.4. The van der Waals surface area contributed by atoms with Crippen LogP contribution in [0.15, 0.2) is 52.9 Å². The van der Waals surface area contributed by atoms with Crippen LogP contribution in [-0.4, -0.2) is 16.1 Å². The Bertz CT molecular complexity index is 890. The predicted octanol–water partition coefficient (Wildman–Crippen LogP) is 4.66. The lowest BCUT2D eigenvalue weighted by Crippen LogP contribution is -2.10. The average Bonchev–Trinajstić information content (AvgIpc) is 3.04. The molecule has 5 heteroatoms. The number of para-hydroxylation sites is 1. The van der Waals surface area contributed by atoms with E-state index in [1.807, 2.05) is 30.3 Å². The average molecular weight is 335 g/mol. The molecule has 3 rings (SSSR count). The first-order valence-electron chi connectivity index (χ1n) is 8.16. The highest BCUT2D eigenvalue weighted by Crippen LogP contribution is 2.30. The molecule has 128 valence electrons. The van der Waals surface area contributed by atoms with E-state index in [9.17, 15) is 4.79 Å². The molecule has 0 bridgehead atoms. The molecule has 3 aromatic rings. The number of aromatic nitrogens is 2. The maximum atomic E-state index is 11.4. The van der Waals surface area contributed by atoms with E-state index in [0.29, 0.717) is 23.0 Å². The number of carbonyl (C=O) groups excluding carboxylic acids is 1. The number of nitrogens with zero attached hydrogens (tertiary/aromatic N) is 2. The molecule has 5 nitrogen and oxygen atoms in total. The van der Waals surface area contributed by atoms with Gasteiger partial charge >= 0.3 is 0 Å². The predicted molar refractivity (Wildman–Crippen MR) is 98.2 cm³/mol. The van der Waals surface area contributed by atoms with E-state index in [0.717, 1.165) is 5.56 Å². The smallest absolute Gasteiger partial charge is 0.250 e. The molecule has 25 heavy (non-hydrogen) atoms. The third-order valence-corrected chi connectivity index (χ3v) is 3.89. The maximum absolute atomic E-state index is 11.4. The van der Waals surface area contributed by atoms with Crippen LogP contribution < -0.4 is 5.32 Å². The number of rotatable bonds is 3. The van der Waals surface area contributed by atoms with Crippen LogP contribution in [0.3, 0.4) is 0 Å². The molecule has 0 radical (unpaired) electrons. The van der Waals surface area contributed by atoms with E-state index in [1.165, 1.54) is 12.5 Å². The second kappa shape index (κ2) is 6.51. The van der Waals surface area contributed by atoms with Crippen molar-refractivity contribution in [2.45, 2.75) is 33.1 Å². The molecule has 0 unspecified atom stereocenters. The number of nitrogens with one attached hydrogen (secondary N) is 1. The number of anilines is 1. The first-order valence-corrected chi connectivity index (χ1v) is 8.16. The van der Waals surface area contributed by atoms with E-state index < -0.39 is 0 Å². The molecule has 0 aliphatic rings. The molecule has 0 atom stereocenters. The molecule has 2 aromatic carbocycles. The summed E-state index contributed by atoms with van der Waals surface area (Å²) in [5.41, 5.74) is 3.54. The molecular weight excluding hydrogens is 314 g/mol. The van der Waals surface area contributed by atoms with Crippen molar-refractivity contribution in [2.24, 2.45) is 0 Å². The van der Waals surface area contributed by atoms with Gasteiger partial charge in [0.05, 0.1) is 11.3 Å². The maximum Gasteiger partial charge on any atom is 0.250 e. The lowest BCUT2D eigenvalue weighted by atomic mass is 9.87. The Morgan fingerprint density at radius 2 is 1.60 bits per heavy atom. The second-order valence-corrected chi connectivity index (χ2v) is 6.97. The minimum Gasteiger partial charge on any atom is -0.416 e. The van der Waals surface area contributed by atoms with Crippen molar-refractivity contribution in [3.8, 4) is 22.9 Å². The molecule has 0 spiro atoms. The van der Waals surface area contributed by atoms with Gasteiger partial charge in [-0.25, -0.2) is 0 Å². The van der Waals surface area contributed by atoms with E-state index in [-0.39, 0.29) is 11.3 Å². The molecule has 1 aromatic heterocycles. The topological polar surface area (TPSA) is 68.0 Å². The summed E-state index contributed by atoms with van der Waals surface area (Å²) in [5, 5.41) is 11.1. The summed E-state index contributed by atoms with van der Waals surface area (Å²) >= 11 is 0. The van der Waals surface area contributed by atoms with E-state index in [2.05, 4.69) is 48.4 Å². The summed E-state index contributed by atoms with van der Waals surface area (Å²) in [6, 6.07) is 15.5. The van der Waals surface area contributed by atoms with Crippen molar-refractivity contribution in [2.75, 3.05) is 5.32 Å². The molecule has 0 fully saturated rings. The summed E-state index contributed by atoms with van der Waals surface area (Å²) < 4.78 is 5.83. The summed E-state index contributed by atoms with van der Waals surface area (Å²) in [4.78, 5) is 11.4. The van der Waals surface area contributed by atoms with Gasteiger partial charge in [-0.3, -0.25) is 4.79 Å². The zero-order chi connectivity index (χ0) is 18.0. The van der Waals surface area contributed by atoms with Crippen LogP contribution in [0, 0.1) is 0 Å². The monoisotopic (exact) mass is 335 g/mol. The Kier molecular flexibility index (Phi) is 4.40. The van der Waals surface area contributed by atoms with Crippen LogP contribution in [0.2, 0.25) is 0 Å². The second-order valence-electron chi connectivity index (χ2n) is 6.97. The zero-order valence-corrected chi connectivity index (χ0v) is 14.8. The van der Waals surface area contributed by atoms with Crippen LogP contribution in [0.5, 0.6) is 0 Å². The van der Waals surface area contributed by atoms with E-state index in [1.54, 1.807) is 6.07 Å². The third kappa shape index (κ3) is 3.76. The van der Waals surface area contributed by atoms with Crippen LogP contribution in [0.1, 0.15) is 33.3 Å². The third-order valence-electron chi connectivity index (χ3n) is 3.89. The summed E-state index contributed by atoms with van der Waals surface area (Å²) in [6.45, 7) is 7.98. The van der Waals surface area contributed by atoms with Crippen molar-refractivity contribution in [3.63, 3.8) is 0 Å². The standard InChI is InChI=1S/C20H21N3O2/c1-13(24)21-17-8-6-5-7-16(17)19-23-22-18(25-19)14-9-11-15(12-10-14)20(2,3)4/h5-12H,1-4H3,(H,21,24). The first kappa shape index (κ1) is 16.9. The minimum absolute atomic E-state index is 0.0931. The van der Waals surface area contributed by atoms with Gasteiger partial charge in [-0.2, -0.15) is 0 Å². The van der Waals surface area contributed by atoms with Gasteiger partial charge in [-0.05, 0) is 35.2 Å². The molecule has 1 N–H and O–H groups in total. The van der Waals surface area contributed by atoms with E-state index in [4.69, 9.17) is 4.42 Å². The van der Waals surface area contributed by atoms with Crippen LogP contribution in [0.4, 0.5) is 5.69 Å². The molecule has 0 saturated heterocycles. The Hall–Kier alpha value is -2.95. The Morgan fingerprint density at radius 1 is 0.960 bits per heavy atom. The van der Waals surface area contributed by atoms with Gasteiger partial charge in [-0.1, -0.05) is 45.0 Å².